The number of hydrogen-bond donors (Lipinski definition) is 0. The summed E-state index contributed by atoms with van der Waals surface area (Å²) < 4.78 is 29.3. The first-order valence-corrected chi connectivity index (χ1v) is 11.2. The van der Waals surface area contributed by atoms with Gasteiger partial charge in [-0.25, -0.2) is 0 Å². The summed E-state index contributed by atoms with van der Waals surface area (Å²) in [6, 6.07) is 0. The second-order valence-electron chi connectivity index (χ2n) is 6.44. The summed E-state index contributed by atoms with van der Waals surface area (Å²) in [5.41, 5.74) is 0. The predicted molar refractivity (Wildman–Crippen MR) is 98.3 cm³/mol. The third-order valence-electron chi connectivity index (χ3n) is 4.03. The van der Waals surface area contributed by atoms with E-state index in [2.05, 4.69) is 20.8 Å². The van der Waals surface area contributed by atoms with Crippen LogP contribution in [0.4, 0.5) is 0 Å². The maximum Gasteiger partial charge on any atom is 0.330 e. The van der Waals surface area contributed by atoms with Crippen molar-refractivity contribution in [3.63, 3.8) is 0 Å². The average Bonchev–Trinajstić information content (AvgIpc) is 2.54. The molecule has 5 heteroatoms. The lowest BCUT2D eigenvalue weighted by Crippen LogP contribution is -2.07. The molecule has 2 atom stereocenters. The first-order chi connectivity index (χ1) is 11.1. The molecule has 0 aliphatic rings. The van der Waals surface area contributed by atoms with Gasteiger partial charge in [-0.1, -0.05) is 52.9 Å². The summed E-state index contributed by atoms with van der Waals surface area (Å²) in [5, 5.41) is 0. The van der Waals surface area contributed by atoms with E-state index in [1.54, 1.807) is 7.11 Å². The van der Waals surface area contributed by atoms with E-state index < -0.39 is 7.60 Å². The lowest BCUT2D eigenvalue weighted by molar-refractivity contribution is 0.163. The Bertz CT molecular complexity index is 297. The molecule has 0 aliphatic carbocycles. The van der Waals surface area contributed by atoms with Crippen LogP contribution in [0.5, 0.6) is 0 Å². The Kier molecular flexibility index (Phi) is 15.7. The molecule has 0 aromatic rings. The minimum Gasteiger partial charge on any atom is -0.385 e. The summed E-state index contributed by atoms with van der Waals surface area (Å²) in [6.45, 7) is 8.32. The Hall–Kier alpha value is 0.110. The molecule has 0 radical (unpaired) electrons. The molecule has 0 fully saturated rings. The minimum atomic E-state index is -2.90. The fourth-order valence-electron chi connectivity index (χ4n) is 2.28. The van der Waals surface area contributed by atoms with Crippen LogP contribution in [0, 0.1) is 5.92 Å². The monoisotopic (exact) mass is 350 g/mol. The SMILES string of the molecule is CCCCCCCOP(=O)(CCCC)OCCC(C)CCOC. The average molecular weight is 350 g/mol. The molecule has 0 N–H and O–H groups in total. The molecule has 0 bridgehead atoms. The van der Waals surface area contributed by atoms with Crippen LogP contribution in [-0.4, -0.2) is 33.1 Å². The van der Waals surface area contributed by atoms with E-state index in [0.717, 1.165) is 45.1 Å². The van der Waals surface area contributed by atoms with Crippen LogP contribution >= 0.6 is 7.60 Å². The molecule has 2 unspecified atom stereocenters. The number of hydrogen-bond acceptors (Lipinski definition) is 4. The molecule has 140 valence electrons. The van der Waals surface area contributed by atoms with Crippen molar-refractivity contribution in [3.8, 4) is 0 Å². The molecule has 0 aliphatic heterocycles. The largest absolute Gasteiger partial charge is 0.385 e. The topological polar surface area (TPSA) is 44.8 Å². The van der Waals surface area contributed by atoms with Gasteiger partial charge >= 0.3 is 7.60 Å². The van der Waals surface area contributed by atoms with Crippen LogP contribution in [0.3, 0.4) is 0 Å². The Labute approximate surface area is 144 Å². The van der Waals surface area contributed by atoms with Crippen molar-refractivity contribution in [1.82, 2.24) is 0 Å². The van der Waals surface area contributed by atoms with Gasteiger partial charge in [0.1, 0.15) is 0 Å². The highest BCUT2D eigenvalue weighted by Gasteiger charge is 2.23. The highest BCUT2D eigenvalue weighted by atomic mass is 31.2. The molecule has 0 aromatic carbocycles. The van der Waals surface area contributed by atoms with Gasteiger partial charge in [-0.05, 0) is 31.6 Å². The molecule has 0 saturated heterocycles. The fraction of sp³-hybridized carbons (Fsp3) is 1.00. The first kappa shape index (κ1) is 23.1. The van der Waals surface area contributed by atoms with Crippen LogP contribution < -0.4 is 0 Å². The fourth-order valence-corrected chi connectivity index (χ4v) is 4.11. The van der Waals surface area contributed by atoms with E-state index in [1.165, 1.54) is 19.3 Å². The van der Waals surface area contributed by atoms with Gasteiger partial charge in [0.25, 0.3) is 0 Å². The standard InChI is InChI=1S/C18H39O4P/c1-5-7-9-10-11-14-21-23(19,17-8-6-2)22-16-13-18(3)12-15-20-4/h18H,5-17H2,1-4H3. The van der Waals surface area contributed by atoms with Crippen molar-refractivity contribution in [2.24, 2.45) is 5.92 Å². The Morgan fingerprint density at radius 2 is 1.43 bits per heavy atom. The minimum absolute atomic E-state index is 0.516. The number of unbranched alkanes of at least 4 members (excludes halogenated alkanes) is 5. The van der Waals surface area contributed by atoms with Gasteiger partial charge in [-0.3, -0.25) is 4.57 Å². The third kappa shape index (κ3) is 14.2. The lowest BCUT2D eigenvalue weighted by atomic mass is 10.1. The summed E-state index contributed by atoms with van der Waals surface area (Å²) in [7, 11) is -1.19. The third-order valence-corrected chi connectivity index (χ3v) is 6.05. The summed E-state index contributed by atoms with van der Waals surface area (Å²) >= 11 is 0. The molecule has 4 nitrogen and oxygen atoms in total. The molecule has 0 saturated carbocycles. The van der Waals surface area contributed by atoms with E-state index in [1.807, 2.05) is 0 Å². The zero-order valence-corrected chi connectivity index (χ0v) is 16.7. The van der Waals surface area contributed by atoms with Crippen LogP contribution in [0.25, 0.3) is 0 Å². The second-order valence-corrected chi connectivity index (χ2v) is 8.63. The molecular weight excluding hydrogens is 311 g/mol. The van der Waals surface area contributed by atoms with Gasteiger partial charge in [0.05, 0.1) is 19.4 Å². The second kappa shape index (κ2) is 15.6. The normalized spacial score (nSPS) is 15.5. The van der Waals surface area contributed by atoms with Gasteiger partial charge in [0.2, 0.25) is 0 Å². The molecule has 0 spiro atoms. The van der Waals surface area contributed by atoms with E-state index in [0.29, 0.717) is 25.3 Å². The van der Waals surface area contributed by atoms with Crippen molar-refractivity contribution in [2.45, 2.75) is 78.6 Å². The Morgan fingerprint density at radius 3 is 2.09 bits per heavy atom. The molecule has 0 heterocycles. The lowest BCUT2D eigenvalue weighted by Gasteiger charge is -2.19. The van der Waals surface area contributed by atoms with E-state index in [-0.39, 0.29) is 0 Å². The Morgan fingerprint density at radius 1 is 0.826 bits per heavy atom. The van der Waals surface area contributed by atoms with Gasteiger partial charge in [0.15, 0.2) is 0 Å². The number of ether oxygens (including phenoxy) is 1. The highest BCUT2D eigenvalue weighted by Crippen LogP contribution is 2.49. The van der Waals surface area contributed by atoms with Crippen LogP contribution in [0.2, 0.25) is 0 Å². The van der Waals surface area contributed by atoms with Gasteiger partial charge in [0, 0.05) is 13.7 Å². The van der Waals surface area contributed by atoms with E-state index in [4.69, 9.17) is 13.8 Å². The van der Waals surface area contributed by atoms with Crippen molar-refractivity contribution in [2.75, 3.05) is 33.1 Å². The molecule has 23 heavy (non-hydrogen) atoms. The van der Waals surface area contributed by atoms with Crippen molar-refractivity contribution in [1.29, 1.82) is 0 Å². The summed E-state index contributed by atoms with van der Waals surface area (Å²) in [4.78, 5) is 0. The summed E-state index contributed by atoms with van der Waals surface area (Å²) in [5.74, 6) is 0.517. The van der Waals surface area contributed by atoms with Crippen molar-refractivity contribution < 1.29 is 18.3 Å². The zero-order chi connectivity index (χ0) is 17.4. The maximum absolute atomic E-state index is 12.8. The van der Waals surface area contributed by atoms with Gasteiger partial charge in [-0.15, -0.1) is 0 Å². The Balaban J connectivity index is 4.03. The van der Waals surface area contributed by atoms with E-state index in [9.17, 15) is 4.57 Å². The highest BCUT2D eigenvalue weighted by molar-refractivity contribution is 7.53. The first-order valence-electron chi connectivity index (χ1n) is 9.45. The smallest absolute Gasteiger partial charge is 0.330 e. The van der Waals surface area contributed by atoms with Crippen LogP contribution in [-0.2, 0) is 18.3 Å². The zero-order valence-electron chi connectivity index (χ0n) is 15.8. The predicted octanol–water partition coefficient (Wildman–Crippen LogP) is 6.05. The van der Waals surface area contributed by atoms with Crippen molar-refractivity contribution >= 4 is 7.60 Å². The molecule has 0 amide bonds. The quantitative estimate of drug-likeness (QED) is 0.237. The van der Waals surface area contributed by atoms with Gasteiger partial charge < -0.3 is 13.8 Å². The maximum atomic E-state index is 12.8. The molecule has 0 rings (SSSR count). The van der Waals surface area contributed by atoms with E-state index >= 15 is 0 Å². The van der Waals surface area contributed by atoms with Crippen molar-refractivity contribution in [3.05, 3.63) is 0 Å². The van der Waals surface area contributed by atoms with Gasteiger partial charge in [-0.2, -0.15) is 0 Å². The molecular formula is C18H39O4P. The molecule has 0 aromatic heterocycles. The van der Waals surface area contributed by atoms with Crippen LogP contribution in [0.15, 0.2) is 0 Å². The number of rotatable bonds is 17. The summed E-state index contributed by atoms with van der Waals surface area (Å²) in [6.07, 6.45) is 10.2. The van der Waals surface area contributed by atoms with Crippen LogP contribution in [0.1, 0.15) is 78.6 Å². The number of methoxy groups -OCH3 is 1.